The number of hydrogen-bond acceptors (Lipinski definition) is 2. The molecule has 24 heavy (non-hydrogen) atoms. The fourth-order valence-electron chi connectivity index (χ4n) is 4.43. The second-order valence-electron chi connectivity index (χ2n) is 7.46. The third-order valence-corrected chi connectivity index (χ3v) is 6.34. The van der Waals surface area contributed by atoms with E-state index in [2.05, 4.69) is 30.0 Å². The number of nitrogens with zero attached hydrogens (tertiary/aromatic N) is 1. The molecule has 1 aliphatic heterocycles. The van der Waals surface area contributed by atoms with Crippen molar-refractivity contribution in [2.24, 2.45) is 0 Å². The van der Waals surface area contributed by atoms with Gasteiger partial charge in [-0.3, -0.25) is 0 Å². The van der Waals surface area contributed by atoms with Crippen LogP contribution in [-0.2, 0) is 13.0 Å². The number of halogens is 1. The quantitative estimate of drug-likeness (QED) is 0.775. The minimum atomic E-state index is 0.308. The molecule has 1 N–H and O–H groups in total. The average molecular weight is 342 g/mol. The van der Waals surface area contributed by atoms with Crippen LogP contribution in [0.25, 0.3) is 0 Å². The standard InChI is InChI=1S/C21H24ClNO/c1-14-12-19-18(15(2)20(14)24)8-11-21(9-3-10-21)23(19)13-16-4-6-17(22)7-5-16/h4-7,12,24H,3,8-11,13H2,1-2H3. The summed E-state index contributed by atoms with van der Waals surface area (Å²) in [7, 11) is 0. The lowest BCUT2D eigenvalue weighted by atomic mass is 9.68. The first-order valence-electron chi connectivity index (χ1n) is 8.84. The van der Waals surface area contributed by atoms with E-state index < -0.39 is 0 Å². The van der Waals surface area contributed by atoms with Gasteiger partial charge in [0.2, 0.25) is 0 Å². The summed E-state index contributed by atoms with van der Waals surface area (Å²) in [5.74, 6) is 0.463. The first-order chi connectivity index (χ1) is 11.5. The van der Waals surface area contributed by atoms with Gasteiger partial charge in [0.1, 0.15) is 5.75 Å². The first kappa shape index (κ1) is 15.8. The van der Waals surface area contributed by atoms with Crippen LogP contribution in [-0.4, -0.2) is 10.6 Å². The van der Waals surface area contributed by atoms with Gasteiger partial charge in [0.15, 0.2) is 0 Å². The van der Waals surface area contributed by atoms with Gasteiger partial charge in [0, 0.05) is 22.8 Å². The number of aryl methyl sites for hydroxylation is 1. The SMILES string of the molecule is Cc1cc2c(c(C)c1O)CCC1(CCC1)N2Cc1ccc(Cl)cc1. The zero-order valence-electron chi connectivity index (χ0n) is 14.4. The summed E-state index contributed by atoms with van der Waals surface area (Å²) in [6.07, 6.45) is 6.14. The predicted octanol–water partition coefficient (Wildman–Crippen LogP) is 5.54. The monoisotopic (exact) mass is 341 g/mol. The molecule has 2 aromatic rings. The molecule has 1 saturated carbocycles. The zero-order valence-corrected chi connectivity index (χ0v) is 15.2. The van der Waals surface area contributed by atoms with Gasteiger partial charge >= 0.3 is 0 Å². The minimum Gasteiger partial charge on any atom is -0.507 e. The number of anilines is 1. The molecule has 1 aliphatic carbocycles. The third kappa shape index (κ3) is 2.39. The summed E-state index contributed by atoms with van der Waals surface area (Å²) in [6.45, 7) is 4.97. The summed E-state index contributed by atoms with van der Waals surface area (Å²) in [5.41, 5.74) is 6.28. The second-order valence-corrected chi connectivity index (χ2v) is 7.89. The molecule has 0 bridgehead atoms. The van der Waals surface area contributed by atoms with E-state index in [9.17, 15) is 5.11 Å². The van der Waals surface area contributed by atoms with Crippen molar-refractivity contribution in [1.82, 2.24) is 0 Å². The highest BCUT2D eigenvalue weighted by atomic mass is 35.5. The summed E-state index contributed by atoms with van der Waals surface area (Å²) >= 11 is 6.05. The van der Waals surface area contributed by atoms with E-state index in [1.54, 1.807) is 0 Å². The Bertz CT molecular complexity index is 777. The Balaban J connectivity index is 1.79. The van der Waals surface area contributed by atoms with E-state index in [0.717, 1.165) is 29.1 Å². The van der Waals surface area contributed by atoms with Gasteiger partial charge < -0.3 is 10.0 Å². The highest BCUT2D eigenvalue weighted by molar-refractivity contribution is 6.30. The van der Waals surface area contributed by atoms with Crippen LogP contribution in [0, 0.1) is 13.8 Å². The number of aromatic hydroxyl groups is 1. The molecule has 2 aliphatic rings. The van der Waals surface area contributed by atoms with Crippen LogP contribution < -0.4 is 4.90 Å². The van der Waals surface area contributed by atoms with Crippen LogP contribution in [0.5, 0.6) is 5.75 Å². The fraction of sp³-hybridized carbons (Fsp3) is 0.429. The van der Waals surface area contributed by atoms with Gasteiger partial charge in [-0.2, -0.15) is 0 Å². The second kappa shape index (κ2) is 5.70. The molecule has 0 unspecified atom stereocenters. The molecule has 3 heteroatoms. The summed E-state index contributed by atoms with van der Waals surface area (Å²) in [5, 5.41) is 11.1. The van der Waals surface area contributed by atoms with E-state index in [-0.39, 0.29) is 0 Å². The van der Waals surface area contributed by atoms with Gasteiger partial charge in [0.05, 0.1) is 0 Å². The van der Waals surface area contributed by atoms with E-state index in [1.165, 1.54) is 42.5 Å². The van der Waals surface area contributed by atoms with Crippen molar-refractivity contribution in [3.8, 4) is 5.75 Å². The molecule has 1 fully saturated rings. The van der Waals surface area contributed by atoms with Crippen molar-refractivity contribution in [2.45, 2.75) is 58.0 Å². The maximum absolute atomic E-state index is 10.3. The Labute approximate surface area is 149 Å². The van der Waals surface area contributed by atoms with Crippen LogP contribution in [0.1, 0.15) is 47.9 Å². The lowest BCUT2D eigenvalue weighted by Crippen LogP contribution is -2.56. The minimum absolute atomic E-state index is 0.308. The Morgan fingerprint density at radius 3 is 2.46 bits per heavy atom. The van der Waals surface area contributed by atoms with Crippen LogP contribution in [0.15, 0.2) is 30.3 Å². The van der Waals surface area contributed by atoms with E-state index in [1.807, 2.05) is 19.1 Å². The largest absolute Gasteiger partial charge is 0.507 e. The predicted molar refractivity (Wildman–Crippen MR) is 100 cm³/mol. The highest BCUT2D eigenvalue weighted by Crippen LogP contribution is 2.50. The Kier molecular flexibility index (Phi) is 3.76. The summed E-state index contributed by atoms with van der Waals surface area (Å²) in [6, 6.07) is 10.4. The molecule has 4 rings (SSSR count). The fourth-order valence-corrected chi connectivity index (χ4v) is 4.55. The smallest absolute Gasteiger partial charge is 0.121 e. The molecule has 1 heterocycles. The molecule has 0 aromatic heterocycles. The van der Waals surface area contributed by atoms with Gasteiger partial charge in [-0.05, 0) is 86.4 Å². The van der Waals surface area contributed by atoms with Crippen LogP contribution >= 0.6 is 11.6 Å². The topological polar surface area (TPSA) is 23.5 Å². The average Bonchev–Trinajstić information content (AvgIpc) is 2.54. The third-order valence-electron chi connectivity index (χ3n) is 6.09. The van der Waals surface area contributed by atoms with Crippen LogP contribution in [0.4, 0.5) is 5.69 Å². The van der Waals surface area contributed by atoms with Gasteiger partial charge in [-0.25, -0.2) is 0 Å². The number of fused-ring (bicyclic) bond motifs is 1. The molecular formula is C21H24ClNO. The Hall–Kier alpha value is -1.67. The van der Waals surface area contributed by atoms with Gasteiger partial charge in [-0.15, -0.1) is 0 Å². The van der Waals surface area contributed by atoms with E-state index in [0.29, 0.717) is 11.3 Å². The molecule has 0 atom stereocenters. The van der Waals surface area contributed by atoms with Gasteiger partial charge in [0.25, 0.3) is 0 Å². The lowest BCUT2D eigenvalue weighted by Gasteiger charge is -2.55. The van der Waals surface area contributed by atoms with Crippen molar-refractivity contribution in [1.29, 1.82) is 0 Å². The molecule has 0 radical (unpaired) electrons. The van der Waals surface area contributed by atoms with Gasteiger partial charge in [-0.1, -0.05) is 23.7 Å². The summed E-state index contributed by atoms with van der Waals surface area (Å²) in [4.78, 5) is 2.61. The summed E-state index contributed by atoms with van der Waals surface area (Å²) < 4.78 is 0. The molecule has 126 valence electrons. The zero-order chi connectivity index (χ0) is 16.9. The van der Waals surface area contributed by atoms with Crippen molar-refractivity contribution in [3.63, 3.8) is 0 Å². The molecule has 0 saturated heterocycles. The van der Waals surface area contributed by atoms with Crippen molar-refractivity contribution < 1.29 is 5.11 Å². The number of phenolic OH excluding ortho intramolecular Hbond substituents is 1. The number of phenols is 1. The van der Waals surface area contributed by atoms with Crippen LogP contribution in [0.3, 0.4) is 0 Å². The maximum atomic E-state index is 10.3. The number of benzene rings is 2. The normalized spacial score (nSPS) is 18.4. The maximum Gasteiger partial charge on any atom is 0.121 e. The lowest BCUT2D eigenvalue weighted by molar-refractivity contribution is 0.201. The Morgan fingerprint density at radius 1 is 1.12 bits per heavy atom. The molecular weight excluding hydrogens is 318 g/mol. The Morgan fingerprint density at radius 2 is 1.83 bits per heavy atom. The van der Waals surface area contributed by atoms with Crippen molar-refractivity contribution in [2.75, 3.05) is 4.90 Å². The van der Waals surface area contributed by atoms with Crippen LogP contribution in [0.2, 0.25) is 5.02 Å². The number of hydrogen-bond donors (Lipinski definition) is 1. The molecule has 1 spiro atoms. The van der Waals surface area contributed by atoms with Crippen molar-refractivity contribution >= 4 is 17.3 Å². The molecule has 2 nitrogen and oxygen atoms in total. The van der Waals surface area contributed by atoms with E-state index in [4.69, 9.17) is 11.6 Å². The molecule has 0 amide bonds. The first-order valence-corrected chi connectivity index (χ1v) is 9.22. The number of rotatable bonds is 2. The highest BCUT2D eigenvalue weighted by Gasteiger charge is 2.45. The molecule has 2 aromatic carbocycles. The van der Waals surface area contributed by atoms with Crippen molar-refractivity contribution in [3.05, 3.63) is 57.6 Å². The van der Waals surface area contributed by atoms with E-state index >= 15 is 0 Å².